The second-order valence-electron chi connectivity index (χ2n) is 8.39. The summed E-state index contributed by atoms with van der Waals surface area (Å²) in [5, 5.41) is 3.73. The number of para-hydroxylation sites is 1. The van der Waals surface area contributed by atoms with Crippen LogP contribution in [-0.2, 0) is 4.74 Å². The molecule has 4 rings (SSSR count). The highest BCUT2D eigenvalue weighted by Crippen LogP contribution is 2.27. The molecule has 1 amide bonds. The zero-order valence-electron chi connectivity index (χ0n) is 19.7. The molecule has 0 spiro atoms. The molecule has 0 unspecified atom stereocenters. The Morgan fingerprint density at radius 2 is 1.68 bits per heavy atom. The number of ether oxygens (including phenoxy) is 1. The average Bonchev–Trinajstić information content (AvgIpc) is 2.85. The molecular formula is C29H28N2O3. The number of nitrogens with one attached hydrogen (secondary N) is 1. The van der Waals surface area contributed by atoms with Crippen molar-refractivity contribution in [3.8, 4) is 11.3 Å². The quantitative estimate of drug-likeness (QED) is 0.249. The van der Waals surface area contributed by atoms with E-state index in [1.54, 1.807) is 24.3 Å². The molecule has 0 aliphatic carbocycles. The van der Waals surface area contributed by atoms with Gasteiger partial charge in [-0.05, 0) is 73.9 Å². The van der Waals surface area contributed by atoms with Crippen molar-refractivity contribution in [1.82, 2.24) is 4.98 Å². The molecule has 0 saturated heterocycles. The van der Waals surface area contributed by atoms with E-state index in [0.29, 0.717) is 23.4 Å². The molecule has 0 atom stereocenters. The van der Waals surface area contributed by atoms with Crippen LogP contribution in [0.3, 0.4) is 0 Å². The smallest absolute Gasteiger partial charge is 0.338 e. The molecule has 0 saturated carbocycles. The zero-order chi connectivity index (χ0) is 24.1. The van der Waals surface area contributed by atoms with Crippen molar-refractivity contribution in [1.29, 1.82) is 0 Å². The zero-order valence-corrected chi connectivity index (χ0v) is 19.7. The van der Waals surface area contributed by atoms with E-state index in [1.165, 1.54) is 11.1 Å². The van der Waals surface area contributed by atoms with Crippen molar-refractivity contribution in [2.45, 2.75) is 33.6 Å². The van der Waals surface area contributed by atoms with Gasteiger partial charge in [0.05, 0.1) is 28.9 Å². The third kappa shape index (κ3) is 5.15. The van der Waals surface area contributed by atoms with Crippen LogP contribution in [0.5, 0.6) is 0 Å². The maximum absolute atomic E-state index is 13.3. The van der Waals surface area contributed by atoms with Gasteiger partial charge in [-0.2, -0.15) is 0 Å². The molecule has 0 aliphatic heterocycles. The number of unbranched alkanes of at least 4 members (excludes halogenated alkanes) is 1. The first kappa shape index (κ1) is 23.2. The van der Waals surface area contributed by atoms with E-state index < -0.39 is 0 Å². The monoisotopic (exact) mass is 452 g/mol. The number of carbonyl (C=O) groups is 2. The fraction of sp³-hybridized carbons (Fsp3) is 0.207. The van der Waals surface area contributed by atoms with Crippen molar-refractivity contribution >= 4 is 28.5 Å². The first-order valence-corrected chi connectivity index (χ1v) is 11.5. The molecule has 5 heteroatoms. The highest BCUT2D eigenvalue weighted by molar-refractivity contribution is 6.13. The lowest BCUT2D eigenvalue weighted by Gasteiger charge is -2.12. The maximum Gasteiger partial charge on any atom is 0.338 e. The van der Waals surface area contributed by atoms with E-state index in [9.17, 15) is 9.59 Å². The summed E-state index contributed by atoms with van der Waals surface area (Å²) in [6, 6.07) is 22.4. The number of aromatic nitrogens is 1. The van der Waals surface area contributed by atoms with Gasteiger partial charge in [-0.25, -0.2) is 9.78 Å². The Morgan fingerprint density at radius 3 is 2.41 bits per heavy atom. The number of fused-ring (bicyclic) bond motifs is 1. The third-order valence-corrected chi connectivity index (χ3v) is 5.87. The number of amides is 1. The number of aryl methyl sites for hydroxylation is 2. The Kier molecular flexibility index (Phi) is 7.02. The number of pyridine rings is 1. The molecule has 1 aromatic heterocycles. The lowest BCUT2D eigenvalue weighted by molar-refractivity contribution is 0.0499. The van der Waals surface area contributed by atoms with E-state index in [4.69, 9.17) is 9.72 Å². The van der Waals surface area contributed by atoms with Crippen LogP contribution in [0.2, 0.25) is 0 Å². The number of hydrogen-bond acceptors (Lipinski definition) is 4. The van der Waals surface area contributed by atoms with Gasteiger partial charge >= 0.3 is 5.97 Å². The van der Waals surface area contributed by atoms with Crippen LogP contribution in [0.25, 0.3) is 22.2 Å². The van der Waals surface area contributed by atoms with Gasteiger partial charge in [0.25, 0.3) is 5.91 Å². The molecule has 34 heavy (non-hydrogen) atoms. The maximum atomic E-state index is 13.3. The van der Waals surface area contributed by atoms with Crippen LogP contribution in [0.1, 0.15) is 51.6 Å². The Hall–Kier alpha value is -3.99. The molecule has 5 nitrogen and oxygen atoms in total. The SMILES string of the molecule is CCCCOC(=O)c1ccc(NC(=O)c2cc(-c3ccc(C)c(C)c3)nc3ccccc23)cc1. The first-order chi connectivity index (χ1) is 16.5. The lowest BCUT2D eigenvalue weighted by Crippen LogP contribution is -2.13. The summed E-state index contributed by atoms with van der Waals surface area (Å²) in [5.74, 6) is -0.591. The van der Waals surface area contributed by atoms with Gasteiger partial charge in [0, 0.05) is 16.6 Å². The summed E-state index contributed by atoms with van der Waals surface area (Å²) in [6.45, 7) is 6.59. The Morgan fingerprint density at radius 1 is 0.912 bits per heavy atom. The highest BCUT2D eigenvalue weighted by Gasteiger charge is 2.15. The first-order valence-electron chi connectivity index (χ1n) is 11.5. The minimum Gasteiger partial charge on any atom is -0.462 e. The fourth-order valence-corrected chi connectivity index (χ4v) is 3.69. The summed E-state index contributed by atoms with van der Waals surface area (Å²) < 4.78 is 5.24. The topological polar surface area (TPSA) is 68.3 Å². The van der Waals surface area contributed by atoms with Crippen LogP contribution in [0, 0.1) is 13.8 Å². The van der Waals surface area contributed by atoms with Gasteiger partial charge < -0.3 is 10.1 Å². The van der Waals surface area contributed by atoms with Gasteiger partial charge in [-0.1, -0.05) is 43.7 Å². The number of anilines is 1. The van der Waals surface area contributed by atoms with Gasteiger partial charge in [-0.15, -0.1) is 0 Å². The van der Waals surface area contributed by atoms with Crippen LogP contribution in [0.15, 0.2) is 72.8 Å². The van der Waals surface area contributed by atoms with Crippen molar-refractivity contribution in [2.75, 3.05) is 11.9 Å². The van der Waals surface area contributed by atoms with Crippen LogP contribution in [0.4, 0.5) is 5.69 Å². The number of carbonyl (C=O) groups excluding carboxylic acids is 2. The molecule has 0 radical (unpaired) electrons. The number of benzene rings is 3. The average molecular weight is 453 g/mol. The van der Waals surface area contributed by atoms with E-state index in [-0.39, 0.29) is 11.9 Å². The second kappa shape index (κ2) is 10.3. The number of rotatable bonds is 7. The normalized spacial score (nSPS) is 10.8. The molecule has 0 fully saturated rings. The largest absolute Gasteiger partial charge is 0.462 e. The molecule has 4 aromatic rings. The Bertz CT molecular complexity index is 1340. The summed E-state index contributed by atoms with van der Waals surface area (Å²) >= 11 is 0. The Labute approximate surface area is 199 Å². The molecule has 172 valence electrons. The second-order valence-corrected chi connectivity index (χ2v) is 8.39. The van der Waals surface area contributed by atoms with E-state index in [0.717, 1.165) is 35.0 Å². The molecule has 1 N–H and O–H groups in total. The van der Waals surface area contributed by atoms with E-state index >= 15 is 0 Å². The van der Waals surface area contributed by atoms with Gasteiger partial charge in [0.15, 0.2) is 0 Å². The van der Waals surface area contributed by atoms with Crippen LogP contribution < -0.4 is 5.32 Å². The lowest BCUT2D eigenvalue weighted by atomic mass is 10.0. The summed E-state index contributed by atoms with van der Waals surface area (Å²) in [5.41, 5.74) is 6.46. The standard InChI is InChI=1S/C29H28N2O3/c1-4-5-16-34-29(33)21-12-14-23(15-13-21)30-28(32)25-18-27(22-11-10-19(2)20(3)17-22)31-26-9-7-6-8-24(25)26/h6-15,17-18H,4-5,16H2,1-3H3,(H,30,32). The van der Waals surface area contributed by atoms with Crippen molar-refractivity contribution in [3.63, 3.8) is 0 Å². The van der Waals surface area contributed by atoms with Crippen LogP contribution in [-0.4, -0.2) is 23.5 Å². The number of hydrogen-bond donors (Lipinski definition) is 1. The molecule has 0 aliphatic rings. The van der Waals surface area contributed by atoms with Gasteiger partial charge in [0.1, 0.15) is 0 Å². The van der Waals surface area contributed by atoms with Crippen molar-refractivity contribution in [3.05, 3.63) is 95.1 Å². The third-order valence-electron chi connectivity index (χ3n) is 5.87. The predicted octanol–water partition coefficient (Wildman–Crippen LogP) is 6.73. The fourth-order valence-electron chi connectivity index (χ4n) is 3.69. The minimum atomic E-state index is -0.357. The van der Waals surface area contributed by atoms with Crippen molar-refractivity contribution in [2.24, 2.45) is 0 Å². The predicted molar refractivity (Wildman–Crippen MR) is 136 cm³/mol. The molecule has 3 aromatic carbocycles. The minimum absolute atomic E-state index is 0.234. The number of nitrogens with zero attached hydrogens (tertiary/aromatic N) is 1. The Balaban J connectivity index is 1.61. The molecule has 1 heterocycles. The van der Waals surface area contributed by atoms with E-state index in [1.807, 2.05) is 43.3 Å². The van der Waals surface area contributed by atoms with E-state index in [2.05, 4.69) is 31.3 Å². The van der Waals surface area contributed by atoms with Crippen LogP contribution >= 0.6 is 0 Å². The summed E-state index contributed by atoms with van der Waals surface area (Å²) in [4.78, 5) is 30.2. The van der Waals surface area contributed by atoms with Gasteiger partial charge in [-0.3, -0.25) is 4.79 Å². The molecular weight excluding hydrogens is 424 g/mol. The molecule has 0 bridgehead atoms. The highest BCUT2D eigenvalue weighted by atomic mass is 16.5. The summed E-state index contributed by atoms with van der Waals surface area (Å²) in [7, 11) is 0. The summed E-state index contributed by atoms with van der Waals surface area (Å²) in [6.07, 6.45) is 1.80. The number of esters is 1. The van der Waals surface area contributed by atoms with Gasteiger partial charge in [0.2, 0.25) is 0 Å². The van der Waals surface area contributed by atoms with Crippen molar-refractivity contribution < 1.29 is 14.3 Å².